The van der Waals surface area contributed by atoms with Gasteiger partial charge in [-0.15, -0.1) is 0 Å². The number of benzene rings is 2. The van der Waals surface area contributed by atoms with Gasteiger partial charge < -0.3 is 30.5 Å². The summed E-state index contributed by atoms with van der Waals surface area (Å²) in [4.78, 5) is 12.2. The van der Waals surface area contributed by atoms with Crippen molar-refractivity contribution in [2.75, 3.05) is 83.8 Å². The molecular formula is C30H42N6O. The Morgan fingerprint density at radius 3 is 2.08 bits per heavy atom. The fourth-order valence-electron chi connectivity index (χ4n) is 4.65. The molecule has 0 unspecified atom stereocenters. The van der Waals surface area contributed by atoms with Crippen molar-refractivity contribution in [3.8, 4) is 28.3 Å². The van der Waals surface area contributed by atoms with Gasteiger partial charge in [-0.05, 0) is 95.1 Å². The van der Waals surface area contributed by atoms with E-state index in [2.05, 4.69) is 82.6 Å². The zero-order valence-corrected chi connectivity index (χ0v) is 22.6. The summed E-state index contributed by atoms with van der Waals surface area (Å²) < 4.78 is 5.35. The van der Waals surface area contributed by atoms with Gasteiger partial charge in [0.15, 0.2) is 0 Å². The van der Waals surface area contributed by atoms with E-state index >= 15 is 0 Å². The first-order valence-corrected chi connectivity index (χ1v) is 13.4. The Labute approximate surface area is 222 Å². The molecule has 0 atom stereocenters. The number of nitrogens with zero attached hydrogens (tertiary/aromatic N) is 4. The molecule has 0 aliphatic carbocycles. The molecule has 7 heteroatoms. The van der Waals surface area contributed by atoms with E-state index in [1.165, 1.54) is 5.69 Å². The van der Waals surface area contributed by atoms with E-state index in [0.29, 0.717) is 0 Å². The van der Waals surface area contributed by atoms with Gasteiger partial charge in [-0.2, -0.15) is 0 Å². The normalized spacial score (nSPS) is 14.2. The van der Waals surface area contributed by atoms with Gasteiger partial charge in [0.25, 0.3) is 0 Å². The average Bonchev–Trinajstić information content (AvgIpc) is 2.94. The van der Waals surface area contributed by atoms with Gasteiger partial charge in [0.2, 0.25) is 0 Å². The van der Waals surface area contributed by atoms with E-state index in [9.17, 15) is 0 Å². The molecule has 2 aromatic carbocycles. The number of nitrogens with two attached hydrogens (primary N) is 1. The number of methoxy groups -OCH3 is 1. The van der Waals surface area contributed by atoms with Crippen LogP contribution in [-0.4, -0.2) is 88.3 Å². The molecule has 0 radical (unpaired) electrons. The number of hydrogen-bond acceptors (Lipinski definition) is 7. The fraction of sp³-hybridized carbons (Fsp3) is 0.433. The van der Waals surface area contributed by atoms with Crippen LogP contribution in [0.25, 0.3) is 22.5 Å². The molecule has 3 N–H and O–H groups in total. The molecule has 7 nitrogen and oxygen atoms in total. The Morgan fingerprint density at radius 1 is 0.892 bits per heavy atom. The van der Waals surface area contributed by atoms with Crippen molar-refractivity contribution < 1.29 is 4.74 Å². The first kappa shape index (κ1) is 26.9. The minimum atomic E-state index is 0.743. The predicted octanol–water partition coefficient (Wildman–Crippen LogP) is 4.26. The van der Waals surface area contributed by atoms with Gasteiger partial charge in [-0.25, -0.2) is 4.98 Å². The van der Waals surface area contributed by atoms with E-state index in [0.717, 1.165) is 99.2 Å². The first-order valence-electron chi connectivity index (χ1n) is 13.4. The van der Waals surface area contributed by atoms with E-state index < -0.39 is 0 Å². The third kappa shape index (κ3) is 7.68. The number of piperazine rings is 1. The topological polar surface area (TPSA) is 69.9 Å². The summed E-state index contributed by atoms with van der Waals surface area (Å²) in [5.41, 5.74) is 12.1. The molecule has 0 amide bonds. The Hall–Kier alpha value is -3.13. The highest BCUT2D eigenvalue weighted by molar-refractivity contribution is 5.73. The largest absolute Gasteiger partial charge is 0.497 e. The van der Waals surface area contributed by atoms with Gasteiger partial charge in [-0.3, -0.25) is 0 Å². The summed E-state index contributed by atoms with van der Waals surface area (Å²) in [5, 5.41) is 3.64. The third-order valence-corrected chi connectivity index (χ3v) is 7.03. The predicted molar refractivity (Wildman–Crippen MR) is 156 cm³/mol. The summed E-state index contributed by atoms with van der Waals surface area (Å²) in [6.45, 7) is 8.07. The number of nitrogens with one attached hydrogen (secondary N) is 1. The van der Waals surface area contributed by atoms with E-state index in [4.69, 9.17) is 15.5 Å². The maximum Gasteiger partial charge on any atom is 0.118 e. The molecule has 1 aliphatic heterocycles. The Bertz CT molecular complexity index is 1090. The quantitative estimate of drug-likeness (QED) is 0.359. The Kier molecular flexibility index (Phi) is 9.77. The minimum absolute atomic E-state index is 0.743. The molecule has 198 valence electrons. The molecule has 1 aliphatic rings. The SMILES string of the molecule is COc1ccc(-c2cc(NCCCN(C)CCCN)cc(-c3ccc(N4CCN(C)CC4)cc3)n2)cc1. The monoisotopic (exact) mass is 502 g/mol. The lowest BCUT2D eigenvalue weighted by atomic mass is 10.1. The molecule has 0 bridgehead atoms. The molecule has 1 fully saturated rings. The molecule has 3 aromatic rings. The van der Waals surface area contributed by atoms with E-state index in [1.807, 2.05) is 12.1 Å². The van der Waals surface area contributed by atoms with Crippen LogP contribution >= 0.6 is 0 Å². The number of rotatable bonds is 12. The summed E-state index contributed by atoms with van der Waals surface area (Å²) in [6.07, 6.45) is 2.10. The third-order valence-electron chi connectivity index (χ3n) is 7.03. The number of aromatic nitrogens is 1. The maximum atomic E-state index is 5.64. The Morgan fingerprint density at radius 2 is 1.49 bits per heavy atom. The number of ether oxygens (including phenoxy) is 1. The van der Waals surface area contributed by atoms with Gasteiger partial charge in [-0.1, -0.05) is 12.1 Å². The van der Waals surface area contributed by atoms with Gasteiger partial charge in [0.1, 0.15) is 5.75 Å². The van der Waals surface area contributed by atoms with Crippen molar-refractivity contribution in [3.63, 3.8) is 0 Å². The van der Waals surface area contributed by atoms with Crippen LogP contribution in [0.15, 0.2) is 60.7 Å². The van der Waals surface area contributed by atoms with E-state index in [-0.39, 0.29) is 0 Å². The van der Waals surface area contributed by atoms with Crippen LogP contribution in [0.1, 0.15) is 12.8 Å². The van der Waals surface area contributed by atoms with Crippen LogP contribution in [0.5, 0.6) is 5.75 Å². The van der Waals surface area contributed by atoms with Crippen LogP contribution < -0.4 is 20.7 Å². The number of likely N-dealkylation sites (N-methyl/N-ethyl adjacent to an activating group) is 1. The van der Waals surface area contributed by atoms with Crippen molar-refractivity contribution in [3.05, 3.63) is 60.7 Å². The van der Waals surface area contributed by atoms with Crippen molar-refractivity contribution in [2.45, 2.75) is 12.8 Å². The van der Waals surface area contributed by atoms with Gasteiger partial charge in [0, 0.05) is 55.2 Å². The summed E-state index contributed by atoms with van der Waals surface area (Å²) >= 11 is 0. The summed E-state index contributed by atoms with van der Waals surface area (Å²) in [5.74, 6) is 0.844. The lowest BCUT2D eigenvalue weighted by Gasteiger charge is -2.34. The Balaban J connectivity index is 1.52. The first-order chi connectivity index (χ1) is 18.1. The molecule has 2 heterocycles. The standard InChI is InChI=1S/C30H42N6O/c1-34(16-4-14-31)17-5-15-32-26-22-29(33-30(23-26)25-8-12-28(37-3)13-9-25)24-6-10-27(11-7-24)36-20-18-35(2)19-21-36/h6-13,22-23H,4-5,14-21,31H2,1-3H3,(H,32,33). The number of pyridine rings is 1. The van der Waals surface area contributed by atoms with E-state index in [1.54, 1.807) is 7.11 Å². The highest BCUT2D eigenvalue weighted by Gasteiger charge is 2.15. The van der Waals surface area contributed by atoms with Crippen LogP contribution in [0.2, 0.25) is 0 Å². The average molecular weight is 503 g/mol. The minimum Gasteiger partial charge on any atom is -0.497 e. The van der Waals surface area contributed by atoms with Crippen LogP contribution in [0.4, 0.5) is 11.4 Å². The number of hydrogen-bond donors (Lipinski definition) is 2. The summed E-state index contributed by atoms with van der Waals surface area (Å²) in [6, 6.07) is 21.3. The number of anilines is 2. The van der Waals surface area contributed by atoms with Crippen molar-refractivity contribution in [1.29, 1.82) is 0 Å². The lowest BCUT2D eigenvalue weighted by molar-refractivity contribution is 0.313. The maximum absolute atomic E-state index is 5.64. The lowest BCUT2D eigenvalue weighted by Crippen LogP contribution is -2.44. The molecule has 0 spiro atoms. The fourth-order valence-corrected chi connectivity index (χ4v) is 4.65. The molecule has 1 saturated heterocycles. The van der Waals surface area contributed by atoms with Gasteiger partial charge >= 0.3 is 0 Å². The zero-order chi connectivity index (χ0) is 26.0. The molecule has 37 heavy (non-hydrogen) atoms. The second-order valence-corrected chi connectivity index (χ2v) is 9.92. The van der Waals surface area contributed by atoms with Crippen LogP contribution in [0, 0.1) is 0 Å². The molecule has 4 rings (SSSR count). The molecule has 0 saturated carbocycles. The van der Waals surface area contributed by atoms with Crippen molar-refractivity contribution in [1.82, 2.24) is 14.8 Å². The highest BCUT2D eigenvalue weighted by atomic mass is 16.5. The highest BCUT2D eigenvalue weighted by Crippen LogP contribution is 2.29. The van der Waals surface area contributed by atoms with Crippen LogP contribution in [0.3, 0.4) is 0 Å². The zero-order valence-electron chi connectivity index (χ0n) is 22.6. The van der Waals surface area contributed by atoms with Crippen molar-refractivity contribution in [2.24, 2.45) is 5.73 Å². The van der Waals surface area contributed by atoms with Crippen molar-refractivity contribution >= 4 is 11.4 Å². The molecular weight excluding hydrogens is 460 g/mol. The second kappa shape index (κ2) is 13.4. The van der Waals surface area contributed by atoms with Gasteiger partial charge in [0.05, 0.1) is 18.5 Å². The summed E-state index contributed by atoms with van der Waals surface area (Å²) in [7, 11) is 6.04. The van der Waals surface area contributed by atoms with Crippen LogP contribution in [-0.2, 0) is 0 Å². The smallest absolute Gasteiger partial charge is 0.118 e. The second-order valence-electron chi connectivity index (χ2n) is 9.92. The molecule has 1 aromatic heterocycles.